The van der Waals surface area contributed by atoms with Crippen molar-refractivity contribution >= 4 is 15.9 Å². The van der Waals surface area contributed by atoms with Crippen LogP contribution in [0, 0.1) is 24.5 Å². The van der Waals surface area contributed by atoms with Crippen molar-refractivity contribution < 1.29 is 13.5 Å². The van der Waals surface area contributed by atoms with Crippen LogP contribution in [0.5, 0.6) is 0 Å². The number of ether oxygens (including phenoxy) is 1. The first-order valence-corrected chi connectivity index (χ1v) is 6.68. The maximum absolute atomic E-state index is 13.8. The van der Waals surface area contributed by atoms with E-state index in [0.717, 1.165) is 12.8 Å². The zero-order valence-electron chi connectivity index (χ0n) is 9.68. The lowest BCUT2D eigenvalue weighted by Gasteiger charge is -2.27. The third-order valence-electron chi connectivity index (χ3n) is 3.25. The van der Waals surface area contributed by atoms with Crippen LogP contribution in [0.4, 0.5) is 8.78 Å². The molecule has 0 aliphatic carbocycles. The molecule has 4 heteroatoms. The molecule has 94 valence electrons. The van der Waals surface area contributed by atoms with E-state index in [1.54, 1.807) is 6.92 Å². The fourth-order valence-electron chi connectivity index (χ4n) is 2.14. The molecule has 1 saturated heterocycles. The molecule has 1 unspecified atom stereocenters. The molecule has 0 N–H and O–H groups in total. The summed E-state index contributed by atoms with van der Waals surface area (Å²) in [6.07, 6.45) is 1.76. The van der Waals surface area contributed by atoms with Gasteiger partial charge in [0.1, 0.15) is 11.6 Å². The first-order valence-electron chi connectivity index (χ1n) is 5.77. The van der Waals surface area contributed by atoms with Crippen molar-refractivity contribution in [3.05, 3.63) is 34.9 Å². The summed E-state index contributed by atoms with van der Waals surface area (Å²) in [5.74, 6) is -0.379. The van der Waals surface area contributed by atoms with Crippen LogP contribution in [0.15, 0.2) is 12.1 Å². The second-order valence-corrected chi connectivity index (χ2v) is 5.46. The summed E-state index contributed by atoms with van der Waals surface area (Å²) in [6.45, 7) is 2.96. The van der Waals surface area contributed by atoms with Crippen LogP contribution in [-0.4, -0.2) is 13.2 Å². The number of aryl methyl sites for hydroxylation is 1. The number of rotatable bonds is 2. The van der Waals surface area contributed by atoms with Crippen LogP contribution < -0.4 is 0 Å². The van der Waals surface area contributed by atoms with Crippen LogP contribution in [0.25, 0.3) is 0 Å². The Morgan fingerprint density at radius 1 is 1.24 bits per heavy atom. The minimum atomic E-state index is -0.349. The highest BCUT2D eigenvalue weighted by Crippen LogP contribution is 2.38. The predicted molar refractivity (Wildman–Crippen MR) is 66.3 cm³/mol. The quantitative estimate of drug-likeness (QED) is 0.746. The van der Waals surface area contributed by atoms with Crippen LogP contribution in [-0.2, 0) is 4.74 Å². The van der Waals surface area contributed by atoms with Gasteiger partial charge in [0.25, 0.3) is 0 Å². The first kappa shape index (κ1) is 13.0. The van der Waals surface area contributed by atoms with Gasteiger partial charge in [-0.2, -0.15) is 0 Å². The Bertz CT molecular complexity index is 403. The van der Waals surface area contributed by atoms with Gasteiger partial charge in [-0.15, -0.1) is 0 Å². The molecule has 1 atom stereocenters. The van der Waals surface area contributed by atoms with E-state index in [4.69, 9.17) is 4.74 Å². The molecule has 1 aromatic carbocycles. The molecule has 2 rings (SSSR count). The van der Waals surface area contributed by atoms with Crippen molar-refractivity contribution in [1.29, 1.82) is 0 Å². The van der Waals surface area contributed by atoms with E-state index < -0.39 is 0 Å². The first-order chi connectivity index (χ1) is 8.09. The molecule has 0 radical (unpaired) electrons. The van der Waals surface area contributed by atoms with Crippen molar-refractivity contribution in [2.75, 3.05) is 13.2 Å². The third-order valence-corrected chi connectivity index (χ3v) is 4.50. The molecule has 0 amide bonds. The summed E-state index contributed by atoms with van der Waals surface area (Å²) in [5, 5.41) is 0. The van der Waals surface area contributed by atoms with E-state index in [-0.39, 0.29) is 16.5 Å². The molecule has 1 aliphatic rings. The van der Waals surface area contributed by atoms with Crippen molar-refractivity contribution in [2.45, 2.75) is 24.6 Å². The van der Waals surface area contributed by atoms with Crippen LogP contribution in [0.2, 0.25) is 0 Å². The number of halogens is 3. The van der Waals surface area contributed by atoms with Crippen LogP contribution in [0.3, 0.4) is 0 Å². The highest BCUT2D eigenvalue weighted by molar-refractivity contribution is 9.09. The van der Waals surface area contributed by atoms with Crippen molar-refractivity contribution in [2.24, 2.45) is 5.92 Å². The zero-order chi connectivity index (χ0) is 12.4. The fraction of sp³-hybridized carbons (Fsp3) is 0.538. The molecular weight excluding hydrogens is 290 g/mol. The number of hydrogen-bond donors (Lipinski definition) is 0. The van der Waals surface area contributed by atoms with E-state index in [9.17, 15) is 8.78 Å². The molecule has 1 nitrogen and oxygen atoms in total. The van der Waals surface area contributed by atoms with E-state index in [1.807, 2.05) is 0 Å². The average Bonchev–Trinajstić information content (AvgIpc) is 2.34. The Kier molecular flexibility index (Phi) is 4.15. The Labute approximate surface area is 108 Å². The normalized spacial score (nSPS) is 19.3. The topological polar surface area (TPSA) is 9.23 Å². The van der Waals surface area contributed by atoms with Gasteiger partial charge in [0.05, 0.1) is 0 Å². The van der Waals surface area contributed by atoms with E-state index in [1.165, 1.54) is 12.1 Å². The second-order valence-electron chi connectivity index (χ2n) is 4.47. The van der Waals surface area contributed by atoms with Crippen molar-refractivity contribution in [3.8, 4) is 0 Å². The molecule has 0 saturated carbocycles. The number of hydrogen-bond acceptors (Lipinski definition) is 1. The molecule has 1 heterocycles. The molecule has 1 fully saturated rings. The lowest BCUT2D eigenvalue weighted by molar-refractivity contribution is 0.0659. The Balaban J connectivity index is 2.23. The van der Waals surface area contributed by atoms with Gasteiger partial charge in [-0.05, 0) is 43.4 Å². The van der Waals surface area contributed by atoms with E-state index in [0.29, 0.717) is 30.3 Å². The Hall–Kier alpha value is -0.480. The largest absolute Gasteiger partial charge is 0.381 e. The Morgan fingerprint density at radius 2 is 1.88 bits per heavy atom. The molecule has 0 aromatic heterocycles. The second kappa shape index (κ2) is 5.44. The molecule has 0 bridgehead atoms. The van der Waals surface area contributed by atoms with Crippen molar-refractivity contribution in [3.63, 3.8) is 0 Å². The number of benzene rings is 1. The van der Waals surface area contributed by atoms with Gasteiger partial charge in [0, 0.05) is 23.6 Å². The molecule has 17 heavy (non-hydrogen) atoms. The summed E-state index contributed by atoms with van der Waals surface area (Å²) in [5.41, 5.74) is 0.762. The molecule has 0 spiro atoms. The van der Waals surface area contributed by atoms with Gasteiger partial charge in [-0.3, -0.25) is 0 Å². The standard InChI is InChI=1S/C13H15BrF2O/c1-8-6-12(16)10(7-11(8)15)13(14)9-2-4-17-5-3-9/h6-7,9,13H,2-5H2,1H3. The van der Waals surface area contributed by atoms with Gasteiger partial charge in [0.15, 0.2) is 0 Å². The van der Waals surface area contributed by atoms with Gasteiger partial charge in [0.2, 0.25) is 0 Å². The molecular formula is C13H15BrF2O. The fourth-order valence-corrected chi connectivity index (χ4v) is 3.01. The predicted octanol–water partition coefficient (Wildman–Crippen LogP) is 4.14. The average molecular weight is 305 g/mol. The molecule has 1 aromatic rings. The maximum atomic E-state index is 13.8. The maximum Gasteiger partial charge on any atom is 0.128 e. The summed E-state index contributed by atoms with van der Waals surface area (Å²) in [7, 11) is 0. The monoisotopic (exact) mass is 304 g/mol. The van der Waals surface area contributed by atoms with Crippen LogP contribution >= 0.6 is 15.9 Å². The molecule has 1 aliphatic heterocycles. The minimum Gasteiger partial charge on any atom is -0.381 e. The van der Waals surface area contributed by atoms with Gasteiger partial charge in [-0.1, -0.05) is 15.9 Å². The van der Waals surface area contributed by atoms with Crippen molar-refractivity contribution in [1.82, 2.24) is 0 Å². The zero-order valence-corrected chi connectivity index (χ0v) is 11.3. The lowest BCUT2D eigenvalue weighted by atomic mass is 9.91. The van der Waals surface area contributed by atoms with Gasteiger partial charge in [-0.25, -0.2) is 8.78 Å². The van der Waals surface area contributed by atoms with Crippen LogP contribution in [0.1, 0.15) is 28.8 Å². The lowest BCUT2D eigenvalue weighted by Crippen LogP contribution is -2.20. The van der Waals surface area contributed by atoms with Gasteiger partial charge < -0.3 is 4.74 Å². The number of alkyl halides is 1. The summed E-state index contributed by atoms with van der Waals surface area (Å²) in [6, 6.07) is 2.57. The van der Waals surface area contributed by atoms with E-state index in [2.05, 4.69) is 15.9 Å². The highest BCUT2D eigenvalue weighted by atomic mass is 79.9. The minimum absolute atomic E-state index is 0.138. The smallest absolute Gasteiger partial charge is 0.128 e. The summed E-state index contributed by atoms with van der Waals surface area (Å²) >= 11 is 3.49. The SMILES string of the molecule is Cc1cc(F)c(C(Br)C2CCOCC2)cc1F. The summed E-state index contributed by atoms with van der Waals surface area (Å²) in [4.78, 5) is -0.138. The third kappa shape index (κ3) is 2.86. The van der Waals surface area contributed by atoms with Gasteiger partial charge >= 0.3 is 0 Å². The summed E-state index contributed by atoms with van der Waals surface area (Å²) < 4.78 is 32.6. The highest BCUT2D eigenvalue weighted by Gasteiger charge is 2.26. The van der Waals surface area contributed by atoms with E-state index >= 15 is 0 Å². The Morgan fingerprint density at radius 3 is 2.53 bits per heavy atom.